The fourth-order valence-electron chi connectivity index (χ4n) is 1.86. The van der Waals surface area contributed by atoms with Gasteiger partial charge in [0.15, 0.2) is 0 Å². The third-order valence-electron chi connectivity index (χ3n) is 2.82. The molecule has 18 heavy (non-hydrogen) atoms. The number of nitrogens with one attached hydrogen (secondary N) is 1. The van der Waals surface area contributed by atoms with Crippen molar-refractivity contribution in [1.29, 1.82) is 0 Å². The van der Waals surface area contributed by atoms with Crippen LogP contribution in [0.5, 0.6) is 5.75 Å². The first-order chi connectivity index (χ1) is 8.65. The molecule has 0 heterocycles. The molecule has 0 spiro atoms. The van der Waals surface area contributed by atoms with Gasteiger partial charge in [0.05, 0.1) is 0 Å². The van der Waals surface area contributed by atoms with Crippen molar-refractivity contribution >= 4 is 5.97 Å². The van der Waals surface area contributed by atoms with E-state index in [4.69, 9.17) is 0 Å². The Balaban J connectivity index is 2.01. The molecule has 1 aliphatic carbocycles. The van der Waals surface area contributed by atoms with E-state index in [1.807, 2.05) is 24.3 Å². The lowest BCUT2D eigenvalue weighted by Crippen LogP contribution is -2.42. The zero-order chi connectivity index (χ0) is 13.0. The van der Waals surface area contributed by atoms with Crippen molar-refractivity contribution in [2.45, 2.75) is 18.5 Å². The summed E-state index contributed by atoms with van der Waals surface area (Å²) in [6, 6.07) is 5.91. The lowest BCUT2D eigenvalue weighted by atomic mass is 10.0. The Morgan fingerprint density at radius 1 is 1.22 bits per heavy atom. The van der Waals surface area contributed by atoms with Gasteiger partial charge in [-0.25, -0.2) is 0 Å². The molecule has 1 aromatic carbocycles. The van der Waals surface area contributed by atoms with Crippen molar-refractivity contribution in [2.24, 2.45) is 0 Å². The summed E-state index contributed by atoms with van der Waals surface area (Å²) in [5, 5.41) is 21.4. The van der Waals surface area contributed by atoms with Crippen LogP contribution in [0.2, 0.25) is 0 Å². The summed E-state index contributed by atoms with van der Waals surface area (Å²) < 4.78 is 0. The number of carbonyl (C=O) groups is 1. The van der Waals surface area contributed by atoms with Crippen LogP contribution < -0.4 is 5.32 Å². The van der Waals surface area contributed by atoms with E-state index in [1.54, 1.807) is 24.3 Å². The van der Waals surface area contributed by atoms with E-state index in [-0.39, 0.29) is 11.8 Å². The first-order valence-electron chi connectivity index (χ1n) is 5.77. The molecule has 0 saturated heterocycles. The molecule has 0 unspecified atom stereocenters. The molecule has 0 amide bonds. The Labute approximate surface area is 105 Å². The van der Waals surface area contributed by atoms with Crippen LogP contribution in [0.25, 0.3) is 0 Å². The highest BCUT2D eigenvalue weighted by molar-refractivity contribution is 5.74. The largest absolute Gasteiger partial charge is 0.508 e. The smallest absolute Gasteiger partial charge is 0.321 e. The molecule has 4 heteroatoms. The second-order valence-electron chi connectivity index (χ2n) is 4.22. The van der Waals surface area contributed by atoms with Crippen LogP contribution >= 0.6 is 0 Å². The first kappa shape index (κ1) is 12.4. The van der Waals surface area contributed by atoms with Gasteiger partial charge < -0.3 is 10.2 Å². The van der Waals surface area contributed by atoms with Crippen LogP contribution in [-0.2, 0) is 11.2 Å². The van der Waals surface area contributed by atoms with Gasteiger partial charge in [0.1, 0.15) is 11.8 Å². The summed E-state index contributed by atoms with van der Waals surface area (Å²) in [6.45, 7) is 0. The Morgan fingerprint density at radius 2 is 1.83 bits per heavy atom. The van der Waals surface area contributed by atoms with Crippen LogP contribution in [0.1, 0.15) is 5.56 Å². The number of aromatic hydroxyl groups is 1. The normalized spacial score (nSPS) is 16.0. The van der Waals surface area contributed by atoms with Gasteiger partial charge in [-0.05, 0) is 24.1 Å². The topological polar surface area (TPSA) is 69.6 Å². The van der Waals surface area contributed by atoms with Crippen molar-refractivity contribution < 1.29 is 15.0 Å². The Kier molecular flexibility index (Phi) is 3.79. The number of aliphatic carboxylic acids is 1. The number of allylic oxidation sites excluding steroid dienone is 2. The van der Waals surface area contributed by atoms with Crippen molar-refractivity contribution in [2.75, 3.05) is 0 Å². The summed E-state index contributed by atoms with van der Waals surface area (Å²) in [5.41, 5.74) is 0.874. The van der Waals surface area contributed by atoms with Crippen molar-refractivity contribution in [3.8, 4) is 5.75 Å². The van der Waals surface area contributed by atoms with Gasteiger partial charge in [0, 0.05) is 6.04 Å². The van der Waals surface area contributed by atoms with Gasteiger partial charge in [0.2, 0.25) is 0 Å². The molecular weight excluding hydrogens is 230 g/mol. The second kappa shape index (κ2) is 5.51. The Bertz CT molecular complexity index is 464. The molecule has 94 valence electrons. The summed E-state index contributed by atoms with van der Waals surface area (Å²) >= 11 is 0. The number of phenols is 1. The third kappa shape index (κ3) is 3.21. The molecule has 1 atom stereocenters. The molecule has 0 aliphatic heterocycles. The molecule has 1 aliphatic rings. The molecule has 0 fully saturated rings. The van der Waals surface area contributed by atoms with Crippen LogP contribution in [0.4, 0.5) is 0 Å². The highest BCUT2D eigenvalue weighted by Gasteiger charge is 2.20. The maximum atomic E-state index is 11.2. The number of carboxylic acids is 1. The molecule has 1 aromatic rings. The zero-order valence-corrected chi connectivity index (χ0v) is 9.78. The van der Waals surface area contributed by atoms with E-state index in [0.717, 1.165) is 5.56 Å². The predicted octanol–water partition coefficient (Wildman–Crippen LogP) is 1.47. The molecule has 0 aromatic heterocycles. The monoisotopic (exact) mass is 245 g/mol. The maximum absolute atomic E-state index is 11.2. The molecular formula is C14H15NO3. The van der Waals surface area contributed by atoms with Gasteiger partial charge in [-0.15, -0.1) is 0 Å². The minimum Gasteiger partial charge on any atom is -0.508 e. The summed E-state index contributed by atoms with van der Waals surface area (Å²) in [4.78, 5) is 11.2. The molecule has 0 bridgehead atoms. The van der Waals surface area contributed by atoms with Crippen LogP contribution in [-0.4, -0.2) is 28.3 Å². The van der Waals surface area contributed by atoms with Crippen LogP contribution in [0, 0.1) is 0 Å². The maximum Gasteiger partial charge on any atom is 0.321 e. The summed E-state index contributed by atoms with van der Waals surface area (Å²) in [5.74, 6) is -0.697. The van der Waals surface area contributed by atoms with Crippen LogP contribution in [0.3, 0.4) is 0 Å². The van der Waals surface area contributed by atoms with Gasteiger partial charge in [-0.3, -0.25) is 10.1 Å². The minimum atomic E-state index is -0.878. The van der Waals surface area contributed by atoms with Crippen molar-refractivity contribution in [3.63, 3.8) is 0 Å². The molecule has 3 N–H and O–H groups in total. The van der Waals surface area contributed by atoms with E-state index in [9.17, 15) is 15.0 Å². The van der Waals surface area contributed by atoms with Gasteiger partial charge in [-0.2, -0.15) is 0 Å². The van der Waals surface area contributed by atoms with Crippen molar-refractivity contribution in [1.82, 2.24) is 5.32 Å². The third-order valence-corrected chi connectivity index (χ3v) is 2.82. The lowest BCUT2D eigenvalue weighted by Gasteiger charge is -2.17. The second-order valence-corrected chi connectivity index (χ2v) is 4.22. The summed E-state index contributed by atoms with van der Waals surface area (Å²) in [7, 11) is 0. The van der Waals surface area contributed by atoms with Gasteiger partial charge in [-0.1, -0.05) is 36.4 Å². The molecule has 4 nitrogen and oxygen atoms in total. The average Bonchev–Trinajstić information content (AvgIpc) is 2.84. The number of hydrogen-bond donors (Lipinski definition) is 3. The number of hydrogen-bond acceptors (Lipinski definition) is 3. The van der Waals surface area contributed by atoms with E-state index in [2.05, 4.69) is 5.32 Å². The number of carboxylic acid groups (broad SMARTS) is 1. The van der Waals surface area contributed by atoms with E-state index < -0.39 is 12.0 Å². The quantitative estimate of drug-likeness (QED) is 0.734. The lowest BCUT2D eigenvalue weighted by molar-refractivity contribution is -0.139. The van der Waals surface area contributed by atoms with E-state index in [1.165, 1.54) is 0 Å². The predicted molar refractivity (Wildman–Crippen MR) is 68.4 cm³/mol. The van der Waals surface area contributed by atoms with E-state index in [0.29, 0.717) is 6.42 Å². The molecule has 0 radical (unpaired) electrons. The minimum absolute atomic E-state index is 0.0248. The highest BCUT2D eigenvalue weighted by atomic mass is 16.4. The number of rotatable bonds is 5. The van der Waals surface area contributed by atoms with Gasteiger partial charge >= 0.3 is 5.97 Å². The summed E-state index contributed by atoms with van der Waals surface area (Å²) in [6.07, 6.45) is 7.97. The fraction of sp³-hybridized carbons (Fsp3) is 0.214. The highest BCUT2D eigenvalue weighted by Crippen LogP contribution is 2.12. The molecule has 2 rings (SSSR count). The Morgan fingerprint density at radius 3 is 2.39 bits per heavy atom. The van der Waals surface area contributed by atoms with E-state index >= 15 is 0 Å². The fourth-order valence-corrected chi connectivity index (χ4v) is 1.86. The number of phenolic OH excluding ortho intramolecular Hbond substituents is 1. The molecule has 0 saturated carbocycles. The Hall–Kier alpha value is -2.07. The standard InChI is InChI=1S/C14H15NO3/c16-12-7-5-10(6-8-12)9-13(14(17)18)15-11-3-1-2-4-11/h1-8,11,13,15-16H,9H2,(H,17,18)/t13-/m0/s1. The van der Waals surface area contributed by atoms with Crippen molar-refractivity contribution in [3.05, 3.63) is 54.1 Å². The SMILES string of the molecule is O=C(O)[C@H](Cc1ccc(O)cc1)NC1C=CC=C1. The van der Waals surface area contributed by atoms with Gasteiger partial charge in [0.25, 0.3) is 0 Å². The number of benzene rings is 1. The first-order valence-corrected chi connectivity index (χ1v) is 5.77. The zero-order valence-electron chi connectivity index (χ0n) is 9.78. The average molecular weight is 245 g/mol. The van der Waals surface area contributed by atoms with Crippen LogP contribution in [0.15, 0.2) is 48.6 Å².